The first-order valence-electron chi connectivity index (χ1n) is 11.5. The van der Waals surface area contributed by atoms with E-state index in [2.05, 4.69) is 42.6 Å². The smallest absolute Gasteiger partial charge is 0.278 e. The first-order valence-corrected chi connectivity index (χ1v) is 11.5. The van der Waals surface area contributed by atoms with E-state index in [4.69, 9.17) is 0 Å². The van der Waals surface area contributed by atoms with Crippen molar-refractivity contribution in [3.63, 3.8) is 0 Å². The number of carbonyl (C=O) groups is 2. The van der Waals surface area contributed by atoms with Gasteiger partial charge in [0.2, 0.25) is 0 Å². The van der Waals surface area contributed by atoms with Crippen molar-refractivity contribution < 1.29 is 9.59 Å². The second-order valence-electron chi connectivity index (χ2n) is 8.85. The molecule has 2 N–H and O–H groups in total. The SMILES string of the molecule is CC1CCCCN1C(=O)c1c(NC(=O)c2nc(C3CC3)cnc2Nc2cncnc2)cnn1C. The molecule has 34 heavy (non-hydrogen) atoms. The average molecular weight is 462 g/mol. The molecular weight excluding hydrogens is 434 g/mol. The fourth-order valence-corrected chi connectivity index (χ4v) is 4.23. The highest BCUT2D eigenvalue weighted by atomic mass is 16.2. The number of hydrogen-bond acceptors (Lipinski definition) is 8. The third-order valence-electron chi connectivity index (χ3n) is 6.28. The van der Waals surface area contributed by atoms with Crippen molar-refractivity contribution in [2.24, 2.45) is 7.05 Å². The zero-order valence-electron chi connectivity index (χ0n) is 19.2. The molecule has 1 aliphatic carbocycles. The van der Waals surface area contributed by atoms with Crippen molar-refractivity contribution in [2.45, 2.75) is 51.0 Å². The molecule has 2 fully saturated rings. The zero-order chi connectivity index (χ0) is 23.7. The van der Waals surface area contributed by atoms with Crippen LogP contribution in [0.15, 0.2) is 31.1 Å². The van der Waals surface area contributed by atoms with Crippen LogP contribution in [0.1, 0.15) is 71.6 Å². The van der Waals surface area contributed by atoms with Crippen LogP contribution in [0.3, 0.4) is 0 Å². The third-order valence-corrected chi connectivity index (χ3v) is 6.28. The Hall–Kier alpha value is -3.89. The molecule has 1 saturated heterocycles. The van der Waals surface area contributed by atoms with Gasteiger partial charge in [0.25, 0.3) is 11.8 Å². The highest BCUT2D eigenvalue weighted by Crippen LogP contribution is 2.39. The number of carbonyl (C=O) groups excluding carboxylic acids is 2. The van der Waals surface area contributed by atoms with Crippen molar-refractivity contribution in [3.05, 3.63) is 48.2 Å². The van der Waals surface area contributed by atoms with Crippen LogP contribution in [-0.4, -0.2) is 59.0 Å². The lowest BCUT2D eigenvalue weighted by atomic mass is 10.0. The monoisotopic (exact) mass is 461 g/mol. The second kappa shape index (κ2) is 9.16. The molecule has 1 unspecified atom stereocenters. The maximum absolute atomic E-state index is 13.4. The molecule has 11 heteroatoms. The Morgan fingerprint density at radius 3 is 2.59 bits per heavy atom. The fourth-order valence-electron chi connectivity index (χ4n) is 4.23. The average Bonchev–Trinajstić information content (AvgIpc) is 3.63. The normalized spacial score (nSPS) is 17.9. The molecule has 0 spiro atoms. The number of aromatic nitrogens is 6. The standard InChI is InChI=1S/C23H27N9O2/c1-14-5-3-4-8-32(14)23(34)20-18(12-27-31(20)2)30-22(33)19-21(28-16-9-24-13-25-10-16)26-11-17(29-19)15-6-7-15/h9-15H,3-8H2,1-2H3,(H,26,28)(H,30,33). The highest BCUT2D eigenvalue weighted by molar-refractivity contribution is 6.09. The van der Waals surface area contributed by atoms with Crippen molar-refractivity contribution in [1.82, 2.24) is 34.6 Å². The minimum absolute atomic E-state index is 0.139. The molecule has 0 radical (unpaired) electrons. The number of rotatable bonds is 6. The Morgan fingerprint density at radius 2 is 1.85 bits per heavy atom. The Labute approximate surface area is 197 Å². The molecule has 1 saturated carbocycles. The van der Waals surface area contributed by atoms with E-state index in [1.807, 2.05) is 4.90 Å². The predicted octanol–water partition coefficient (Wildman–Crippen LogP) is 2.89. The summed E-state index contributed by atoms with van der Waals surface area (Å²) in [4.78, 5) is 45.6. The highest BCUT2D eigenvalue weighted by Gasteiger charge is 2.31. The van der Waals surface area contributed by atoms with Gasteiger partial charge in [0.15, 0.2) is 11.5 Å². The molecule has 2 aliphatic rings. The molecule has 2 amide bonds. The lowest BCUT2D eigenvalue weighted by Gasteiger charge is -2.33. The summed E-state index contributed by atoms with van der Waals surface area (Å²) in [5.74, 6) is 0.00517. The molecule has 0 aromatic carbocycles. The van der Waals surface area contributed by atoms with Crippen LogP contribution < -0.4 is 10.6 Å². The molecule has 3 aromatic heterocycles. The summed E-state index contributed by atoms with van der Waals surface area (Å²) < 4.78 is 1.51. The van der Waals surface area contributed by atoms with Gasteiger partial charge in [0, 0.05) is 25.6 Å². The van der Waals surface area contributed by atoms with E-state index >= 15 is 0 Å². The Morgan fingerprint density at radius 1 is 1.06 bits per heavy atom. The summed E-state index contributed by atoms with van der Waals surface area (Å²) in [6.45, 7) is 2.75. The van der Waals surface area contributed by atoms with Gasteiger partial charge in [-0.3, -0.25) is 14.3 Å². The van der Waals surface area contributed by atoms with E-state index in [9.17, 15) is 9.59 Å². The number of amides is 2. The number of nitrogens with zero attached hydrogens (tertiary/aromatic N) is 7. The third kappa shape index (κ3) is 4.45. The molecule has 176 valence electrons. The molecular formula is C23H27N9O2. The maximum Gasteiger partial charge on any atom is 0.278 e. The molecule has 1 aliphatic heterocycles. The molecule has 3 aromatic rings. The van der Waals surface area contributed by atoms with Crippen molar-refractivity contribution in [1.29, 1.82) is 0 Å². The van der Waals surface area contributed by atoms with Crippen LogP contribution >= 0.6 is 0 Å². The van der Waals surface area contributed by atoms with E-state index in [0.29, 0.717) is 29.5 Å². The number of piperidine rings is 1. The van der Waals surface area contributed by atoms with Crippen LogP contribution in [0.25, 0.3) is 0 Å². The van der Waals surface area contributed by atoms with Crippen LogP contribution in [-0.2, 0) is 7.05 Å². The zero-order valence-corrected chi connectivity index (χ0v) is 19.2. The Kier molecular flexibility index (Phi) is 5.91. The van der Waals surface area contributed by atoms with E-state index in [1.54, 1.807) is 25.6 Å². The van der Waals surface area contributed by atoms with E-state index in [-0.39, 0.29) is 23.5 Å². The van der Waals surface area contributed by atoms with Gasteiger partial charge in [-0.1, -0.05) is 0 Å². The lowest BCUT2D eigenvalue weighted by molar-refractivity contribution is 0.0625. The van der Waals surface area contributed by atoms with Crippen molar-refractivity contribution >= 4 is 29.0 Å². The summed E-state index contributed by atoms with van der Waals surface area (Å²) in [5, 5.41) is 10.2. The van der Waals surface area contributed by atoms with Gasteiger partial charge < -0.3 is 15.5 Å². The van der Waals surface area contributed by atoms with Crippen molar-refractivity contribution in [3.8, 4) is 0 Å². The number of hydrogen-bond donors (Lipinski definition) is 2. The van der Waals surface area contributed by atoms with Gasteiger partial charge in [0.1, 0.15) is 12.0 Å². The van der Waals surface area contributed by atoms with Gasteiger partial charge >= 0.3 is 0 Å². The van der Waals surface area contributed by atoms with E-state index in [1.165, 1.54) is 17.2 Å². The number of aryl methyl sites for hydroxylation is 1. The van der Waals surface area contributed by atoms with Crippen LogP contribution in [0.2, 0.25) is 0 Å². The maximum atomic E-state index is 13.4. The predicted molar refractivity (Wildman–Crippen MR) is 125 cm³/mol. The van der Waals surface area contributed by atoms with Crippen molar-refractivity contribution in [2.75, 3.05) is 17.2 Å². The van der Waals surface area contributed by atoms with Crippen LogP contribution in [0, 0.1) is 0 Å². The largest absolute Gasteiger partial charge is 0.336 e. The van der Waals surface area contributed by atoms with Gasteiger partial charge in [0.05, 0.1) is 41.9 Å². The number of nitrogens with one attached hydrogen (secondary N) is 2. The summed E-state index contributed by atoms with van der Waals surface area (Å²) in [6.07, 6.45) is 12.9. The molecule has 4 heterocycles. The van der Waals surface area contributed by atoms with Gasteiger partial charge in [-0.2, -0.15) is 5.10 Å². The second-order valence-corrected chi connectivity index (χ2v) is 8.85. The summed E-state index contributed by atoms with van der Waals surface area (Å²) in [6, 6.07) is 0.143. The van der Waals surface area contributed by atoms with E-state index in [0.717, 1.165) is 37.8 Å². The Bertz CT molecular complexity index is 1210. The van der Waals surface area contributed by atoms with Crippen LogP contribution in [0.5, 0.6) is 0 Å². The molecule has 1 atom stereocenters. The fraction of sp³-hybridized carbons (Fsp3) is 0.435. The van der Waals surface area contributed by atoms with Gasteiger partial charge in [-0.05, 0) is 39.0 Å². The number of anilines is 3. The van der Waals surface area contributed by atoms with Gasteiger partial charge in [-0.15, -0.1) is 0 Å². The van der Waals surface area contributed by atoms with E-state index < -0.39 is 5.91 Å². The Balaban J connectivity index is 1.43. The molecule has 5 rings (SSSR count). The quantitative estimate of drug-likeness (QED) is 0.573. The molecule has 0 bridgehead atoms. The first kappa shape index (κ1) is 21.9. The molecule has 11 nitrogen and oxygen atoms in total. The number of likely N-dealkylation sites (tertiary alicyclic amines) is 1. The minimum Gasteiger partial charge on any atom is -0.336 e. The van der Waals surface area contributed by atoms with Crippen LogP contribution in [0.4, 0.5) is 17.2 Å². The summed E-state index contributed by atoms with van der Waals surface area (Å²) in [5.41, 5.74) is 2.20. The summed E-state index contributed by atoms with van der Waals surface area (Å²) >= 11 is 0. The summed E-state index contributed by atoms with van der Waals surface area (Å²) in [7, 11) is 1.70. The van der Waals surface area contributed by atoms with Gasteiger partial charge in [-0.25, -0.2) is 19.9 Å². The lowest BCUT2D eigenvalue weighted by Crippen LogP contribution is -2.43. The minimum atomic E-state index is -0.469. The topological polar surface area (TPSA) is 131 Å². The first-order chi connectivity index (χ1) is 16.5.